The molecule has 5 nitrogen and oxygen atoms in total. The molecule has 5 heteroatoms. The van der Waals surface area contributed by atoms with E-state index in [1.807, 2.05) is 13.8 Å². The van der Waals surface area contributed by atoms with Crippen molar-refractivity contribution in [1.82, 2.24) is 10.3 Å². The molecule has 0 saturated heterocycles. The Hall–Kier alpha value is -1.62. The predicted octanol–water partition coefficient (Wildman–Crippen LogP) is 1.49. The first-order valence-corrected chi connectivity index (χ1v) is 5.17. The van der Waals surface area contributed by atoms with Crippen LogP contribution < -0.4 is 5.32 Å². The van der Waals surface area contributed by atoms with Crippen molar-refractivity contribution in [3.05, 3.63) is 29.5 Å². The van der Waals surface area contributed by atoms with Crippen molar-refractivity contribution in [2.24, 2.45) is 0 Å². The molecule has 0 atom stereocenters. The number of carboxylic acids is 1. The molecule has 0 saturated carbocycles. The number of nitrogens with one attached hydrogen (secondary N) is 1. The summed E-state index contributed by atoms with van der Waals surface area (Å²) >= 11 is 0. The van der Waals surface area contributed by atoms with Crippen molar-refractivity contribution in [3.63, 3.8) is 0 Å². The highest BCUT2D eigenvalue weighted by molar-refractivity contribution is 5.86. The van der Waals surface area contributed by atoms with Gasteiger partial charge in [-0.05, 0) is 13.3 Å². The van der Waals surface area contributed by atoms with E-state index in [1.54, 1.807) is 12.3 Å². The Bertz CT molecular complexity index is 382. The topological polar surface area (TPSA) is 75.4 Å². The number of carboxylic acid groups (broad SMARTS) is 1. The molecule has 2 N–H and O–H groups in total. The zero-order chi connectivity index (χ0) is 12.0. The van der Waals surface area contributed by atoms with E-state index in [0.717, 1.165) is 5.76 Å². The summed E-state index contributed by atoms with van der Waals surface area (Å²) < 4.78 is 5.25. The fourth-order valence-electron chi connectivity index (χ4n) is 1.24. The zero-order valence-electron chi connectivity index (χ0n) is 9.49. The molecule has 1 rings (SSSR count). The maximum atomic E-state index is 10.7. The van der Waals surface area contributed by atoms with Crippen LogP contribution in [0, 0.1) is 6.92 Å². The zero-order valence-corrected chi connectivity index (χ0v) is 9.49. The van der Waals surface area contributed by atoms with Crippen LogP contribution in [0.15, 0.2) is 22.3 Å². The number of aromatic nitrogens is 1. The quantitative estimate of drug-likeness (QED) is 0.565. The molecule has 1 aromatic heterocycles. The summed E-state index contributed by atoms with van der Waals surface area (Å²) in [6.45, 7) is 4.64. The molecule has 0 aliphatic carbocycles. The average molecular weight is 224 g/mol. The van der Waals surface area contributed by atoms with Gasteiger partial charge in [-0.3, -0.25) is 0 Å². The van der Waals surface area contributed by atoms with Gasteiger partial charge in [0.25, 0.3) is 0 Å². The number of hydrogen-bond acceptors (Lipinski definition) is 4. The molecular formula is C11H16N2O3. The highest BCUT2D eigenvalue weighted by Gasteiger charge is 2.03. The van der Waals surface area contributed by atoms with E-state index in [-0.39, 0.29) is 0 Å². The first-order chi connectivity index (χ1) is 7.63. The minimum Gasteiger partial charge on any atom is -0.478 e. The maximum Gasteiger partial charge on any atom is 0.331 e. The summed E-state index contributed by atoms with van der Waals surface area (Å²) in [6, 6.07) is 0. The molecule has 16 heavy (non-hydrogen) atoms. The van der Waals surface area contributed by atoms with Gasteiger partial charge in [0, 0.05) is 12.1 Å². The van der Waals surface area contributed by atoms with Crippen molar-refractivity contribution in [2.75, 3.05) is 6.54 Å². The van der Waals surface area contributed by atoms with Gasteiger partial charge >= 0.3 is 5.97 Å². The Morgan fingerprint density at radius 1 is 1.69 bits per heavy atom. The van der Waals surface area contributed by atoms with E-state index in [9.17, 15) is 4.79 Å². The van der Waals surface area contributed by atoms with Crippen LogP contribution in [0.3, 0.4) is 0 Å². The van der Waals surface area contributed by atoms with Crippen LogP contribution in [0.2, 0.25) is 0 Å². The number of hydrogen-bond donors (Lipinski definition) is 2. The number of oxazole rings is 1. The molecule has 88 valence electrons. The van der Waals surface area contributed by atoms with Crippen LogP contribution in [0.1, 0.15) is 25.0 Å². The van der Waals surface area contributed by atoms with Crippen LogP contribution in [0.4, 0.5) is 0 Å². The third-order valence-electron chi connectivity index (χ3n) is 2.09. The smallest absolute Gasteiger partial charge is 0.331 e. The summed E-state index contributed by atoms with van der Waals surface area (Å²) in [5.41, 5.74) is 0.413. The largest absolute Gasteiger partial charge is 0.478 e. The Morgan fingerprint density at radius 2 is 2.44 bits per heavy atom. The van der Waals surface area contributed by atoms with Gasteiger partial charge < -0.3 is 14.8 Å². The second kappa shape index (κ2) is 6.07. The van der Waals surface area contributed by atoms with Gasteiger partial charge in [-0.2, -0.15) is 0 Å². The molecule has 0 aliphatic rings. The van der Waals surface area contributed by atoms with Gasteiger partial charge in [-0.15, -0.1) is 0 Å². The van der Waals surface area contributed by atoms with Crippen molar-refractivity contribution in [1.29, 1.82) is 0 Å². The molecular weight excluding hydrogens is 208 g/mol. The maximum absolute atomic E-state index is 10.7. The SMILES string of the molecule is CC/C(=C/CNCc1ncc(C)o1)C(=O)O. The Labute approximate surface area is 94.2 Å². The lowest BCUT2D eigenvalue weighted by molar-refractivity contribution is -0.132. The van der Waals surface area contributed by atoms with Crippen LogP contribution in [0.25, 0.3) is 0 Å². The second-order valence-corrected chi connectivity index (χ2v) is 3.38. The van der Waals surface area contributed by atoms with E-state index >= 15 is 0 Å². The van der Waals surface area contributed by atoms with Crippen molar-refractivity contribution >= 4 is 5.97 Å². The van der Waals surface area contributed by atoms with Gasteiger partial charge in [0.15, 0.2) is 0 Å². The van der Waals surface area contributed by atoms with Crippen molar-refractivity contribution in [3.8, 4) is 0 Å². The van der Waals surface area contributed by atoms with Gasteiger partial charge in [0.05, 0.1) is 12.7 Å². The van der Waals surface area contributed by atoms with E-state index in [2.05, 4.69) is 10.3 Å². The molecule has 0 unspecified atom stereocenters. The number of rotatable bonds is 6. The molecule has 0 aromatic carbocycles. The van der Waals surface area contributed by atoms with Crippen LogP contribution in [-0.4, -0.2) is 22.6 Å². The minimum atomic E-state index is -0.865. The first-order valence-electron chi connectivity index (χ1n) is 5.17. The van der Waals surface area contributed by atoms with E-state index < -0.39 is 5.97 Å². The fraction of sp³-hybridized carbons (Fsp3) is 0.455. The van der Waals surface area contributed by atoms with Crippen LogP contribution >= 0.6 is 0 Å². The average Bonchev–Trinajstić information content (AvgIpc) is 2.64. The number of carbonyl (C=O) groups is 1. The first kappa shape index (κ1) is 12.4. The van der Waals surface area contributed by atoms with Gasteiger partial charge in [0.1, 0.15) is 5.76 Å². The molecule has 0 radical (unpaired) electrons. The predicted molar refractivity (Wildman–Crippen MR) is 59.0 cm³/mol. The lowest BCUT2D eigenvalue weighted by Crippen LogP contribution is -2.14. The third-order valence-corrected chi connectivity index (χ3v) is 2.09. The summed E-state index contributed by atoms with van der Waals surface area (Å²) in [5.74, 6) is 0.516. The number of aryl methyl sites for hydroxylation is 1. The standard InChI is InChI=1S/C11H16N2O3/c1-3-9(11(14)15)4-5-12-7-10-13-6-8(2)16-10/h4,6,12H,3,5,7H2,1-2H3,(H,14,15)/b9-4-. The lowest BCUT2D eigenvalue weighted by Gasteiger charge is -1.99. The van der Waals surface area contributed by atoms with Crippen molar-refractivity contribution < 1.29 is 14.3 Å². The Morgan fingerprint density at radius 3 is 2.94 bits per heavy atom. The molecule has 1 aromatic rings. The fourth-order valence-corrected chi connectivity index (χ4v) is 1.24. The molecule has 0 spiro atoms. The second-order valence-electron chi connectivity index (χ2n) is 3.38. The number of nitrogens with zero attached hydrogens (tertiary/aromatic N) is 1. The Kier molecular flexibility index (Phi) is 4.72. The molecule has 0 amide bonds. The van der Waals surface area contributed by atoms with Crippen LogP contribution in [-0.2, 0) is 11.3 Å². The minimum absolute atomic E-state index is 0.413. The van der Waals surface area contributed by atoms with E-state index in [1.165, 1.54) is 0 Å². The Balaban J connectivity index is 2.33. The third kappa shape index (κ3) is 3.86. The highest BCUT2D eigenvalue weighted by Crippen LogP contribution is 2.01. The lowest BCUT2D eigenvalue weighted by atomic mass is 10.2. The molecule has 0 aliphatic heterocycles. The highest BCUT2D eigenvalue weighted by atomic mass is 16.4. The van der Waals surface area contributed by atoms with Crippen molar-refractivity contribution in [2.45, 2.75) is 26.8 Å². The van der Waals surface area contributed by atoms with E-state index in [4.69, 9.17) is 9.52 Å². The van der Waals surface area contributed by atoms with Gasteiger partial charge in [-0.25, -0.2) is 9.78 Å². The van der Waals surface area contributed by atoms with Crippen LogP contribution in [0.5, 0.6) is 0 Å². The van der Waals surface area contributed by atoms with E-state index in [0.29, 0.717) is 31.0 Å². The summed E-state index contributed by atoms with van der Waals surface area (Å²) in [5, 5.41) is 11.8. The number of aliphatic carboxylic acids is 1. The molecule has 0 fully saturated rings. The van der Waals surface area contributed by atoms with Gasteiger partial charge in [0.2, 0.25) is 5.89 Å². The summed E-state index contributed by atoms with van der Waals surface area (Å²) in [4.78, 5) is 14.7. The summed E-state index contributed by atoms with van der Waals surface area (Å²) in [6.07, 6.45) is 3.84. The monoisotopic (exact) mass is 224 g/mol. The summed E-state index contributed by atoms with van der Waals surface area (Å²) in [7, 11) is 0. The molecule has 1 heterocycles. The normalized spacial score (nSPS) is 11.8. The van der Waals surface area contributed by atoms with Gasteiger partial charge in [-0.1, -0.05) is 13.0 Å². The molecule has 0 bridgehead atoms.